The summed E-state index contributed by atoms with van der Waals surface area (Å²) in [5.41, 5.74) is 7.58. The number of methoxy groups -OCH3 is 1. The standard InChI is InChI=1S/C31H30F2N2O3/c1-38-29-16-27(28(33)17-34-29)26-5-2-4-23-15-24(31(36)37)10-11-25(23)30(26)22-8-6-20(7-9-22)14-21-18-35(19-21)13-3-12-32/h6-11,14-17H,2-5,12-13,18-19H2,1H3,(H,36,37). The van der Waals surface area contributed by atoms with E-state index >= 15 is 4.39 Å². The van der Waals surface area contributed by atoms with Crippen molar-refractivity contribution >= 4 is 23.2 Å². The Labute approximate surface area is 221 Å². The van der Waals surface area contributed by atoms with E-state index < -0.39 is 11.8 Å². The number of nitrogens with zero attached hydrogens (tertiary/aromatic N) is 2. The van der Waals surface area contributed by atoms with E-state index in [9.17, 15) is 14.3 Å². The molecule has 0 unspecified atom stereocenters. The smallest absolute Gasteiger partial charge is 0.335 e. The Morgan fingerprint density at radius 2 is 1.89 bits per heavy atom. The Balaban J connectivity index is 1.57. The summed E-state index contributed by atoms with van der Waals surface area (Å²) >= 11 is 0. The zero-order chi connectivity index (χ0) is 26.6. The van der Waals surface area contributed by atoms with Gasteiger partial charge in [0.25, 0.3) is 0 Å². The summed E-state index contributed by atoms with van der Waals surface area (Å²) in [5.74, 6) is -1.06. The fourth-order valence-electron chi connectivity index (χ4n) is 5.32. The molecule has 3 aromatic rings. The highest BCUT2D eigenvalue weighted by Gasteiger charge is 2.24. The minimum atomic E-state index is -0.968. The summed E-state index contributed by atoms with van der Waals surface area (Å²) < 4.78 is 32.9. The van der Waals surface area contributed by atoms with Crippen molar-refractivity contribution < 1.29 is 23.4 Å². The van der Waals surface area contributed by atoms with E-state index in [0.717, 1.165) is 59.5 Å². The van der Waals surface area contributed by atoms with Crippen LogP contribution in [0.5, 0.6) is 5.88 Å². The normalized spacial score (nSPS) is 15.5. The van der Waals surface area contributed by atoms with Gasteiger partial charge in [0, 0.05) is 31.3 Å². The molecule has 1 aliphatic heterocycles. The van der Waals surface area contributed by atoms with Gasteiger partial charge in [0.15, 0.2) is 0 Å². The first-order valence-electron chi connectivity index (χ1n) is 12.8. The molecule has 38 heavy (non-hydrogen) atoms. The predicted octanol–water partition coefficient (Wildman–Crippen LogP) is 6.28. The van der Waals surface area contributed by atoms with Gasteiger partial charge in [-0.3, -0.25) is 9.29 Å². The zero-order valence-electron chi connectivity index (χ0n) is 21.3. The van der Waals surface area contributed by atoms with Crippen LogP contribution < -0.4 is 4.74 Å². The topological polar surface area (TPSA) is 62.7 Å². The molecule has 0 spiro atoms. The number of carbonyl (C=O) groups is 1. The van der Waals surface area contributed by atoms with Crippen molar-refractivity contribution in [3.63, 3.8) is 0 Å². The Hall–Kier alpha value is -3.84. The lowest BCUT2D eigenvalue weighted by molar-refractivity contribution is 0.0696. The van der Waals surface area contributed by atoms with E-state index in [1.54, 1.807) is 18.2 Å². The number of fused-ring (bicyclic) bond motifs is 1. The summed E-state index contributed by atoms with van der Waals surface area (Å²) in [7, 11) is 1.50. The lowest BCUT2D eigenvalue weighted by Crippen LogP contribution is -2.40. The maximum Gasteiger partial charge on any atom is 0.335 e. The summed E-state index contributed by atoms with van der Waals surface area (Å²) in [6.07, 6.45) is 5.98. The van der Waals surface area contributed by atoms with E-state index in [0.29, 0.717) is 30.7 Å². The first-order valence-corrected chi connectivity index (χ1v) is 12.8. The Morgan fingerprint density at radius 1 is 1.11 bits per heavy atom. The molecule has 0 radical (unpaired) electrons. The molecule has 2 aromatic carbocycles. The number of carboxylic acid groups (broad SMARTS) is 1. The monoisotopic (exact) mass is 516 g/mol. The molecule has 2 heterocycles. The fourth-order valence-corrected chi connectivity index (χ4v) is 5.32. The SMILES string of the molecule is COc1cc(C2=C(c3ccc(C=C4CN(CCCF)C4)cc3)c3ccc(C(=O)O)cc3CCC2)c(F)cn1. The molecule has 1 aromatic heterocycles. The van der Waals surface area contributed by atoms with Crippen LogP contribution in [0.25, 0.3) is 17.2 Å². The van der Waals surface area contributed by atoms with Crippen LogP contribution in [0.2, 0.25) is 0 Å². The number of hydrogen-bond acceptors (Lipinski definition) is 4. The first kappa shape index (κ1) is 25.8. The van der Waals surface area contributed by atoms with Gasteiger partial charge in [-0.1, -0.05) is 36.4 Å². The number of carboxylic acids is 1. The minimum absolute atomic E-state index is 0.242. The molecule has 5 rings (SSSR count). The number of benzene rings is 2. The zero-order valence-corrected chi connectivity index (χ0v) is 21.3. The van der Waals surface area contributed by atoms with Crippen LogP contribution in [0.1, 0.15) is 57.4 Å². The lowest BCUT2D eigenvalue weighted by Gasteiger charge is -2.33. The van der Waals surface area contributed by atoms with Crippen molar-refractivity contribution in [3.8, 4) is 5.88 Å². The number of aromatic carboxylic acids is 1. The van der Waals surface area contributed by atoms with Gasteiger partial charge in [0.2, 0.25) is 5.88 Å². The largest absolute Gasteiger partial charge is 0.481 e. The van der Waals surface area contributed by atoms with Crippen molar-refractivity contribution in [2.75, 3.05) is 33.4 Å². The van der Waals surface area contributed by atoms with E-state index in [-0.39, 0.29) is 12.2 Å². The molecule has 7 heteroatoms. The second-order valence-electron chi connectivity index (χ2n) is 9.77. The highest BCUT2D eigenvalue weighted by atomic mass is 19.1. The number of aryl methyl sites for hydroxylation is 1. The number of alkyl halides is 1. The van der Waals surface area contributed by atoms with E-state index in [1.807, 2.05) is 18.2 Å². The molecule has 1 saturated heterocycles. The highest BCUT2D eigenvalue weighted by Crippen LogP contribution is 2.41. The van der Waals surface area contributed by atoms with Gasteiger partial charge >= 0.3 is 5.97 Å². The molecular formula is C31H30F2N2O3. The minimum Gasteiger partial charge on any atom is -0.481 e. The summed E-state index contributed by atoms with van der Waals surface area (Å²) in [4.78, 5) is 17.9. The predicted molar refractivity (Wildman–Crippen MR) is 144 cm³/mol. The summed E-state index contributed by atoms with van der Waals surface area (Å²) in [6.45, 7) is 2.22. The molecule has 2 aliphatic rings. The van der Waals surface area contributed by atoms with Gasteiger partial charge in [0.05, 0.1) is 25.5 Å². The van der Waals surface area contributed by atoms with Crippen LogP contribution >= 0.6 is 0 Å². The van der Waals surface area contributed by atoms with Gasteiger partial charge in [-0.05, 0) is 76.8 Å². The third-order valence-corrected chi connectivity index (χ3v) is 7.19. The van der Waals surface area contributed by atoms with Crippen LogP contribution in [0.15, 0.2) is 60.3 Å². The average molecular weight is 517 g/mol. The number of halogens is 2. The third kappa shape index (κ3) is 5.38. The van der Waals surface area contributed by atoms with Crippen LogP contribution in [0, 0.1) is 5.82 Å². The average Bonchev–Trinajstić information content (AvgIpc) is 3.09. The first-order chi connectivity index (χ1) is 18.5. The van der Waals surface area contributed by atoms with Gasteiger partial charge in [0.1, 0.15) is 5.82 Å². The van der Waals surface area contributed by atoms with E-state index in [4.69, 9.17) is 4.74 Å². The number of hydrogen-bond donors (Lipinski definition) is 1. The Bertz CT molecular complexity index is 1410. The van der Waals surface area contributed by atoms with E-state index in [2.05, 4.69) is 28.1 Å². The number of ether oxygens (including phenoxy) is 1. The lowest BCUT2D eigenvalue weighted by atomic mass is 9.87. The molecule has 196 valence electrons. The number of likely N-dealkylation sites (tertiary alicyclic amines) is 1. The molecule has 0 amide bonds. The van der Waals surface area contributed by atoms with Crippen LogP contribution in [-0.4, -0.2) is 54.4 Å². The van der Waals surface area contributed by atoms with Crippen molar-refractivity contribution in [3.05, 3.63) is 99.5 Å². The van der Waals surface area contributed by atoms with Crippen molar-refractivity contribution in [1.82, 2.24) is 9.88 Å². The van der Waals surface area contributed by atoms with Crippen LogP contribution in [0.4, 0.5) is 8.78 Å². The quantitative estimate of drug-likeness (QED) is 0.382. The molecule has 0 saturated carbocycles. The number of aromatic nitrogens is 1. The van der Waals surface area contributed by atoms with Crippen molar-refractivity contribution in [2.45, 2.75) is 25.7 Å². The van der Waals surface area contributed by atoms with Gasteiger partial charge in [-0.15, -0.1) is 0 Å². The second-order valence-corrected chi connectivity index (χ2v) is 9.77. The number of allylic oxidation sites excluding steroid dienone is 1. The summed E-state index contributed by atoms with van der Waals surface area (Å²) in [6, 6.07) is 15.0. The van der Waals surface area contributed by atoms with Gasteiger partial charge < -0.3 is 9.84 Å². The maximum absolute atomic E-state index is 15.2. The van der Waals surface area contributed by atoms with Crippen molar-refractivity contribution in [1.29, 1.82) is 0 Å². The second kappa shape index (κ2) is 11.3. The number of rotatable bonds is 8. The fraction of sp³-hybridized carbons (Fsp3) is 0.290. The third-order valence-electron chi connectivity index (χ3n) is 7.19. The van der Waals surface area contributed by atoms with Crippen molar-refractivity contribution in [2.24, 2.45) is 0 Å². The highest BCUT2D eigenvalue weighted by molar-refractivity contribution is 6.01. The molecule has 5 nitrogen and oxygen atoms in total. The van der Waals surface area contributed by atoms with Crippen LogP contribution in [0.3, 0.4) is 0 Å². The Kier molecular flexibility index (Phi) is 7.65. The van der Waals surface area contributed by atoms with Gasteiger partial charge in [-0.2, -0.15) is 0 Å². The van der Waals surface area contributed by atoms with Gasteiger partial charge in [-0.25, -0.2) is 14.2 Å². The molecule has 0 atom stereocenters. The molecule has 1 N–H and O–H groups in total. The molecular weight excluding hydrogens is 486 g/mol. The number of pyridine rings is 1. The maximum atomic E-state index is 15.2. The molecule has 1 aliphatic carbocycles. The molecule has 0 bridgehead atoms. The molecule has 1 fully saturated rings. The summed E-state index contributed by atoms with van der Waals surface area (Å²) in [5, 5.41) is 9.54. The van der Waals surface area contributed by atoms with E-state index in [1.165, 1.54) is 18.9 Å². The Morgan fingerprint density at radius 3 is 2.61 bits per heavy atom. The van der Waals surface area contributed by atoms with Crippen LogP contribution in [-0.2, 0) is 6.42 Å².